The van der Waals surface area contributed by atoms with E-state index in [2.05, 4.69) is 9.97 Å². The zero-order valence-electron chi connectivity index (χ0n) is 8.96. The molecule has 1 aliphatic carbocycles. The summed E-state index contributed by atoms with van der Waals surface area (Å²) in [5.74, 6) is -0.324. The van der Waals surface area contributed by atoms with Crippen molar-refractivity contribution in [1.29, 1.82) is 0 Å². The third-order valence-electron chi connectivity index (χ3n) is 2.74. The van der Waals surface area contributed by atoms with Crippen LogP contribution in [0.15, 0.2) is 23.7 Å². The molecule has 0 bridgehead atoms. The van der Waals surface area contributed by atoms with Crippen molar-refractivity contribution in [2.75, 3.05) is 0 Å². The molecule has 2 aromatic rings. The van der Waals surface area contributed by atoms with Gasteiger partial charge in [-0.15, -0.1) is 11.3 Å². The summed E-state index contributed by atoms with van der Waals surface area (Å²) in [6, 6.07) is 3.05. The summed E-state index contributed by atoms with van der Waals surface area (Å²) in [7, 11) is 0. The standard InChI is InChI=1S/C12H10N2O2S/c15-12(16)8-3-4-13-9(5-8)11-14-10(6-17-11)7-1-2-7/h3-7H,1-2H2,(H,15,16). The number of nitrogens with zero attached hydrogens (tertiary/aromatic N) is 2. The average molecular weight is 246 g/mol. The van der Waals surface area contributed by atoms with Gasteiger partial charge < -0.3 is 5.11 Å². The van der Waals surface area contributed by atoms with E-state index in [0.29, 0.717) is 11.6 Å². The molecule has 1 fully saturated rings. The lowest BCUT2D eigenvalue weighted by molar-refractivity contribution is 0.0697. The van der Waals surface area contributed by atoms with Gasteiger partial charge in [-0.1, -0.05) is 0 Å². The van der Waals surface area contributed by atoms with Gasteiger partial charge in [0.05, 0.1) is 17.0 Å². The zero-order valence-corrected chi connectivity index (χ0v) is 9.78. The molecule has 4 nitrogen and oxygen atoms in total. The fourth-order valence-corrected chi connectivity index (χ4v) is 2.52. The van der Waals surface area contributed by atoms with Crippen molar-refractivity contribution < 1.29 is 9.90 Å². The molecule has 3 rings (SSSR count). The highest BCUT2D eigenvalue weighted by Crippen LogP contribution is 2.41. The van der Waals surface area contributed by atoms with Crippen molar-refractivity contribution in [3.63, 3.8) is 0 Å². The van der Waals surface area contributed by atoms with E-state index in [1.165, 1.54) is 36.4 Å². The lowest BCUT2D eigenvalue weighted by Crippen LogP contribution is -1.97. The fraction of sp³-hybridized carbons (Fsp3) is 0.250. The monoisotopic (exact) mass is 246 g/mol. The number of hydrogen-bond donors (Lipinski definition) is 1. The molecule has 0 aliphatic heterocycles. The molecule has 0 unspecified atom stereocenters. The third kappa shape index (κ3) is 2.06. The quantitative estimate of drug-likeness (QED) is 0.904. The minimum atomic E-state index is -0.937. The highest BCUT2D eigenvalue weighted by atomic mass is 32.1. The molecule has 5 heteroatoms. The van der Waals surface area contributed by atoms with Gasteiger partial charge in [0.1, 0.15) is 5.01 Å². The summed E-state index contributed by atoms with van der Waals surface area (Å²) in [5, 5.41) is 11.8. The molecule has 0 amide bonds. The summed E-state index contributed by atoms with van der Waals surface area (Å²) < 4.78 is 0. The highest BCUT2D eigenvalue weighted by molar-refractivity contribution is 7.13. The molecule has 86 valence electrons. The Morgan fingerprint density at radius 2 is 2.29 bits per heavy atom. The number of hydrogen-bond acceptors (Lipinski definition) is 4. The van der Waals surface area contributed by atoms with E-state index in [1.54, 1.807) is 6.07 Å². The number of thiazole rings is 1. The minimum absolute atomic E-state index is 0.248. The predicted octanol–water partition coefficient (Wildman–Crippen LogP) is 2.78. The van der Waals surface area contributed by atoms with Crippen molar-refractivity contribution in [3.8, 4) is 10.7 Å². The number of carbonyl (C=O) groups is 1. The first-order valence-corrected chi connectivity index (χ1v) is 6.27. The first-order valence-electron chi connectivity index (χ1n) is 5.39. The van der Waals surface area contributed by atoms with Crippen LogP contribution in [0.25, 0.3) is 10.7 Å². The van der Waals surface area contributed by atoms with Gasteiger partial charge in [-0.3, -0.25) is 4.98 Å². The number of pyridine rings is 1. The Morgan fingerprint density at radius 1 is 1.47 bits per heavy atom. The summed E-state index contributed by atoms with van der Waals surface area (Å²) >= 11 is 1.52. The second-order valence-electron chi connectivity index (χ2n) is 4.09. The van der Waals surface area contributed by atoms with Crippen LogP contribution < -0.4 is 0 Å². The van der Waals surface area contributed by atoms with Crippen molar-refractivity contribution in [3.05, 3.63) is 35.0 Å². The maximum atomic E-state index is 10.9. The SMILES string of the molecule is O=C(O)c1ccnc(-c2nc(C3CC3)cs2)c1. The molecule has 2 aromatic heterocycles. The minimum Gasteiger partial charge on any atom is -0.478 e. The first-order chi connectivity index (χ1) is 8.24. The van der Waals surface area contributed by atoms with E-state index < -0.39 is 5.97 Å². The van der Waals surface area contributed by atoms with Crippen LogP contribution in [0, 0.1) is 0 Å². The average Bonchev–Trinajstić information content (AvgIpc) is 3.07. The maximum absolute atomic E-state index is 10.9. The van der Waals surface area contributed by atoms with Crippen LogP contribution in [0.3, 0.4) is 0 Å². The number of carboxylic acid groups (broad SMARTS) is 1. The number of carboxylic acids is 1. The Balaban J connectivity index is 1.96. The van der Waals surface area contributed by atoms with Crippen LogP contribution in [0.4, 0.5) is 0 Å². The van der Waals surface area contributed by atoms with Gasteiger partial charge in [0.2, 0.25) is 0 Å². The van der Waals surface area contributed by atoms with Crippen LogP contribution in [0.1, 0.15) is 34.8 Å². The molecule has 0 saturated heterocycles. The lowest BCUT2D eigenvalue weighted by atomic mass is 10.2. The van der Waals surface area contributed by atoms with Crippen molar-refractivity contribution in [2.24, 2.45) is 0 Å². The van der Waals surface area contributed by atoms with Gasteiger partial charge in [-0.2, -0.15) is 0 Å². The largest absolute Gasteiger partial charge is 0.478 e. The van der Waals surface area contributed by atoms with Gasteiger partial charge >= 0.3 is 5.97 Å². The molecular weight excluding hydrogens is 236 g/mol. The normalized spacial score (nSPS) is 14.8. The first kappa shape index (κ1) is 10.4. The highest BCUT2D eigenvalue weighted by Gasteiger charge is 2.26. The summed E-state index contributed by atoms with van der Waals surface area (Å²) in [4.78, 5) is 19.5. The van der Waals surface area contributed by atoms with Gasteiger partial charge in [0.15, 0.2) is 0 Å². The van der Waals surface area contributed by atoms with Crippen LogP contribution in [0.2, 0.25) is 0 Å². The van der Waals surface area contributed by atoms with Gasteiger partial charge in [-0.05, 0) is 25.0 Å². The van der Waals surface area contributed by atoms with Gasteiger partial charge in [0, 0.05) is 17.5 Å². The van der Waals surface area contributed by atoms with Gasteiger partial charge in [0.25, 0.3) is 0 Å². The van der Waals surface area contributed by atoms with E-state index in [0.717, 1.165) is 10.7 Å². The van der Waals surface area contributed by atoms with Crippen molar-refractivity contribution in [1.82, 2.24) is 9.97 Å². The summed E-state index contributed by atoms with van der Waals surface area (Å²) in [6.07, 6.45) is 3.94. The number of aromatic carboxylic acids is 1. The molecule has 17 heavy (non-hydrogen) atoms. The van der Waals surface area contributed by atoms with E-state index in [-0.39, 0.29) is 5.56 Å². The summed E-state index contributed by atoms with van der Waals surface area (Å²) in [5.41, 5.74) is 2.01. The smallest absolute Gasteiger partial charge is 0.335 e. The topological polar surface area (TPSA) is 63.1 Å². The maximum Gasteiger partial charge on any atom is 0.335 e. The Bertz CT molecular complexity index is 575. The van der Waals surface area contributed by atoms with Crippen LogP contribution >= 0.6 is 11.3 Å². The van der Waals surface area contributed by atoms with Crippen LogP contribution in [0.5, 0.6) is 0 Å². The van der Waals surface area contributed by atoms with E-state index in [9.17, 15) is 4.79 Å². The Kier molecular flexibility index (Phi) is 2.40. The Morgan fingerprint density at radius 3 is 3.00 bits per heavy atom. The van der Waals surface area contributed by atoms with E-state index in [4.69, 9.17) is 5.11 Å². The molecular formula is C12H10N2O2S. The van der Waals surface area contributed by atoms with Crippen molar-refractivity contribution in [2.45, 2.75) is 18.8 Å². The molecule has 0 atom stereocenters. The zero-order chi connectivity index (χ0) is 11.8. The molecule has 0 spiro atoms. The Labute approximate surface area is 102 Å². The molecule has 1 aliphatic rings. The Hall–Kier alpha value is -1.75. The van der Waals surface area contributed by atoms with Crippen LogP contribution in [-0.2, 0) is 0 Å². The lowest BCUT2D eigenvalue weighted by Gasteiger charge is -1.97. The molecule has 1 saturated carbocycles. The van der Waals surface area contributed by atoms with Crippen molar-refractivity contribution >= 4 is 17.3 Å². The number of rotatable bonds is 3. The van der Waals surface area contributed by atoms with E-state index >= 15 is 0 Å². The van der Waals surface area contributed by atoms with E-state index in [1.807, 2.05) is 5.38 Å². The molecule has 1 N–H and O–H groups in total. The fourth-order valence-electron chi connectivity index (χ4n) is 1.65. The summed E-state index contributed by atoms with van der Waals surface area (Å²) in [6.45, 7) is 0. The number of aromatic nitrogens is 2. The third-order valence-corrected chi connectivity index (χ3v) is 3.63. The van der Waals surface area contributed by atoms with Gasteiger partial charge in [-0.25, -0.2) is 9.78 Å². The predicted molar refractivity (Wildman–Crippen MR) is 64.3 cm³/mol. The second-order valence-corrected chi connectivity index (χ2v) is 4.94. The molecule has 0 radical (unpaired) electrons. The second kappa shape index (κ2) is 3.92. The molecule has 0 aromatic carbocycles. The molecule has 2 heterocycles. The van der Waals surface area contributed by atoms with Crippen LogP contribution in [-0.4, -0.2) is 21.0 Å².